The maximum Gasteiger partial charge on any atom is 0.310 e. The highest BCUT2D eigenvalue weighted by Gasteiger charge is 2.11. The van der Waals surface area contributed by atoms with Gasteiger partial charge in [-0.15, -0.1) is 0 Å². The summed E-state index contributed by atoms with van der Waals surface area (Å²) in [6, 6.07) is 2.24. The predicted octanol–water partition coefficient (Wildman–Crippen LogP) is 2.01. The van der Waals surface area contributed by atoms with E-state index in [4.69, 9.17) is 11.6 Å². The summed E-state index contributed by atoms with van der Waals surface area (Å²) < 4.78 is 17.6. The van der Waals surface area contributed by atoms with Crippen molar-refractivity contribution in [1.29, 1.82) is 0 Å². The Bertz CT molecular complexity index is 404. The topological polar surface area (TPSA) is 43.4 Å². The normalized spacial score (nSPS) is 9.80. The number of ether oxygens (including phenoxy) is 1. The van der Waals surface area contributed by atoms with Crippen molar-refractivity contribution in [2.75, 3.05) is 7.11 Å². The Labute approximate surface area is 90.8 Å². The molecule has 1 rings (SSSR count). The van der Waals surface area contributed by atoms with Gasteiger partial charge in [-0.25, -0.2) is 4.39 Å². The van der Waals surface area contributed by atoms with Gasteiger partial charge in [0.05, 0.1) is 18.6 Å². The average molecular weight is 231 g/mol. The highest BCUT2D eigenvalue weighted by atomic mass is 35.5. The first kappa shape index (κ1) is 11.7. The van der Waals surface area contributed by atoms with Crippen molar-refractivity contribution in [3.63, 3.8) is 0 Å². The lowest BCUT2D eigenvalue weighted by molar-refractivity contribution is -0.139. The lowest BCUT2D eigenvalue weighted by atomic mass is 10.1. The summed E-state index contributed by atoms with van der Waals surface area (Å²) in [6.07, 6.45) is 0.281. The fraction of sp³-hybridized carbons (Fsp3) is 0.200. The van der Waals surface area contributed by atoms with E-state index in [1.54, 1.807) is 0 Å². The zero-order valence-electron chi connectivity index (χ0n) is 7.92. The van der Waals surface area contributed by atoms with Crippen molar-refractivity contribution < 1.29 is 18.7 Å². The zero-order chi connectivity index (χ0) is 11.4. The van der Waals surface area contributed by atoms with Crippen LogP contribution < -0.4 is 0 Å². The molecule has 0 aromatic heterocycles. The van der Waals surface area contributed by atoms with Crippen LogP contribution in [0.2, 0.25) is 5.02 Å². The van der Waals surface area contributed by atoms with Crippen LogP contribution in [0.4, 0.5) is 4.39 Å². The lowest BCUT2D eigenvalue weighted by Gasteiger charge is -2.04. The lowest BCUT2D eigenvalue weighted by Crippen LogP contribution is -2.06. The fourth-order valence-corrected chi connectivity index (χ4v) is 1.26. The molecule has 0 aliphatic carbocycles. The van der Waals surface area contributed by atoms with Crippen molar-refractivity contribution in [2.24, 2.45) is 0 Å². The van der Waals surface area contributed by atoms with Crippen LogP contribution in [-0.4, -0.2) is 19.4 Å². The van der Waals surface area contributed by atoms with Gasteiger partial charge in [0.1, 0.15) is 5.82 Å². The van der Waals surface area contributed by atoms with E-state index < -0.39 is 11.8 Å². The number of hydrogen-bond acceptors (Lipinski definition) is 3. The molecule has 0 spiro atoms. The van der Waals surface area contributed by atoms with Gasteiger partial charge in [0.2, 0.25) is 0 Å². The quantitative estimate of drug-likeness (QED) is 0.589. The molecule has 0 N–H and O–H groups in total. The van der Waals surface area contributed by atoms with Gasteiger partial charge in [0.15, 0.2) is 6.29 Å². The van der Waals surface area contributed by atoms with Gasteiger partial charge < -0.3 is 4.74 Å². The molecule has 0 amide bonds. The maximum absolute atomic E-state index is 13.3. The first-order valence-corrected chi connectivity index (χ1v) is 4.46. The standard InChI is InChI=1S/C10H8ClFO3/c1-15-10(14)3-6-2-7(5-13)8(11)4-9(6)12/h2,4-5H,3H2,1H3. The molecule has 0 unspecified atom stereocenters. The molecule has 15 heavy (non-hydrogen) atoms. The Balaban J connectivity index is 3.07. The molecule has 0 atom stereocenters. The molecule has 0 radical (unpaired) electrons. The van der Waals surface area contributed by atoms with Crippen molar-refractivity contribution in [3.05, 3.63) is 34.1 Å². The summed E-state index contributed by atoms with van der Waals surface area (Å²) in [6.45, 7) is 0. The van der Waals surface area contributed by atoms with E-state index in [0.717, 1.165) is 6.07 Å². The number of aldehydes is 1. The van der Waals surface area contributed by atoms with E-state index in [9.17, 15) is 14.0 Å². The number of carbonyl (C=O) groups is 2. The summed E-state index contributed by atoms with van der Waals surface area (Å²) in [5.74, 6) is -1.20. The van der Waals surface area contributed by atoms with Crippen molar-refractivity contribution in [1.82, 2.24) is 0 Å². The summed E-state index contributed by atoms with van der Waals surface area (Å²) in [5.41, 5.74) is 0.241. The largest absolute Gasteiger partial charge is 0.469 e. The monoisotopic (exact) mass is 230 g/mol. The molecule has 5 heteroatoms. The van der Waals surface area contributed by atoms with Crippen LogP contribution in [0.15, 0.2) is 12.1 Å². The SMILES string of the molecule is COC(=O)Cc1cc(C=O)c(Cl)cc1F. The van der Waals surface area contributed by atoms with Crippen LogP contribution in [-0.2, 0) is 16.0 Å². The minimum absolute atomic E-state index is 0.0242. The number of benzene rings is 1. The van der Waals surface area contributed by atoms with Gasteiger partial charge in [0, 0.05) is 5.56 Å². The Morgan fingerprint density at radius 2 is 2.27 bits per heavy atom. The highest BCUT2D eigenvalue weighted by molar-refractivity contribution is 6.33. The zero-order valence-corrected chi connectivity index (χ0v) is 8.68. The molecule has 0 saturated heterocycles. The molecule has 1 aromatic carbocycles. The smallest absolute Gasteiger partial charge is 0.310 e. The van der Waals surface area contributed by atoms with Crippen LogP contribution in [0.25, 0.3) is 0 Å². The van der Waals surface area contributed by atoms with E-state index in [1.165, 1.54) is 13.2 Å². The number of rotatable bonds is 3. The fourth-order valence-electron chi connectivity index (χ4n) is 1.07. The van der Waals surface area contributed by atoms with Crippen molar-refractivity contribution >= 4 is 23.9 Å². The number of halogens is 2. The highest BCUT2D eigenvalue weighted by Crippen LogP contribution is 2.19. The molecule has 0 bridgehead atoms. The van der Waals surface area contributed by atoms with Crippen LogP contribution in [0.5, 0.6) is 0 Å². The third-order valence-electron chi connectivity index (χ3n) is 1.86. The maximum atomic E-state index is 13.3. The molecule has 80 valence electrons. The molecule has 0 aliphatic rings. The average Bonchev–Trinajstić information content (AvgIpc) is 2.21. The number of esters is 1. The second kappa shape index (κ2) is 4.89. The van der Waals surface area contributed by atoms with Gasteiger partial charge in [-0.05, 0) is 17.7 Å². The second-order valence-electron chi connectivity index (χ2n) is 2.84. The number of methoxy groups -OCH3 is 1. The van der Waals surface area contributed by atoms with E-state index in [0.29, 0.717) is 6.29 Å². The third kappa shape index (κ3) is 2.76. The third-order valence-corrected chi connectivity index (χ3v) is 2.18. The summed E-state index contributed by atoms with van der Waals surface area (Å²) >= 11 is 5.58. The summed E-state index contributed by atoms with van der Waals surface area (Å²) in [7, 11) is 1.21. The van der Waals surface area contributed by atoms with Crippen LogP contribution in [0.3, 0.4) is 0 Å². The Kier molecular flexibility index (Phi) is 3.80. The van der Waals surface area contributed by atoms with Gasteiger partial charge in [-0.2, -0.15) is 0 Å². The van der Waals surface area contributed by atoms with Crippen LogP contribution >= 0.6 is 11.6 Å². The van der Waals surface area contributed by atoms with E-state index in [2.05, 4.69) is 4.74 Å². The van der Waals surface area contributed by atoms with E-state index >= 15 is 0 Å². The van der Waals surface area contributed by atoms with Crippen molar-refractivity contribution in [3.8, 4) is 0 Å². The van der Waals surface area contributed by atoms with Gasteiger partial charge in [0.25, 0.3) is 0 Å². The molecule has 0 saturated carbocycles. The minimum Gasteiger partial charge on any atom is -0.469 e. The number of carbonyl (C=O) groups excluding carboxylic acids is 2. The van der Waals surface area contributed by atoms with E-state index in [1.807, 2.05) is 0 Å². The molecular weight excluding hydrogens is 223 g/mol. The van der Waals surface area contributed by atoms with E-state index in [-0.39, 0.29) is 22.6 Å². The van der Waals surface area contributed by atoms with Crippen LogP contribution in [0.1, 0.15) is 15.9 Å². The Morgan fingerprint density at radius 1 is 1.60 bits per heavy atom. The van der Waals surface area contributed by atoms with Gasteiger partial charge in [-0.1, -0.05) is 11.6 Å². The molecule has 0 heterocycles. The molecule has 1 aromatic rings. The van der Waals surface area contributed by atoms with Crippen LogP contribution in [0, 0.1) is 5.82 Å². The predicted molar refractivity (Wildman–Crippen MR) is 52.5 cm³/mol. The van der Waals surface area contributed by atoms with Crippen molar-refractivity contribution in [2.45, 2.75) is 6.42 Å². The number of hydrogen-bond donors (Lipinski definition) is 0. The first-order chi connectivity index (χ1) is 7.08. The van der Waals surface area contributed by atoms with Gasteiger partial charge >= 0.3 is 5.97 Å². The summed E-state index contributed by atoms with van der Waals surface area (Å²) in [4.78, 5) is 21.4. The molecule has 0 fully saturated rings. The Morgan fingerprint density at radius 3 is 2.80 bits per heavy atom. The Hall–Kier alpha value is -1.42. The second-order valence-corrected chi connectivity index (χ2v) is 3.24. The molecule has 3 nitrogen and oxygen atoms in total. The molecular formula is C10H8ClFO3. The molecule has 0 aliphatic heterocycles. The minimum atomic E-state index is -0.629. The van der Waals surface area contributed by atoms with Gasteiger partial charge in [-0.3, -0.25) is 9.59 Å². The first-order valence-electron chi connectivity index (χ1n) is 4.08. The summed E-state index contributed by atoms with van der Waals surface area (Å²) in [5, 5.41) is 0.0242.